The van der Waals surface area contributed by atoms with Crippen molar-refractivity contribution in [1.82, 2.24) is 9.80 Å². The normalized spacial score (nSPS) is 26.0. The summed E-state index contributed by atoms with van der Waals surface area (Å²) in [6.45, 7) is 1.42. The number of carboxylic acids is 1. The van der Waals surface area contributed by atoms with Crippen molar-refractivity contribution in [1.29, 1.82) is 0 Å². The van der Waals surface area contributed by atoms with Gasteiger partial charge in [0.1, 0.15) is 0 Å². The van der Waals surface area contributed by atoms with Crippen molar-refractivity contribution < 1.29 is 27.9 Å². The number of carboxylic acid groups (broad SMARTS) is 1. The number of rotatable bonds is 4. The Balaban J connectivity index is 2.13. The minimum atomic E-state index is -4.86. The van der Waals surface area contributed by atoms with E-state index in [0.29, 0.717) is 6.54 Å². The highest BCUT2D eigenvalue weighted by Crippen LogP contribution is 2.46. The summed E-state index contributed by atoms with van der Waals surface area (Å²) in [5, 5.41) is 8.99. The number of nitrogens with zero attached hydrogens (tertiary/aromatic N) is 2. The van der Waals surface area contributed by atoms with Gasteiger partial charge in [-0.2, -0.15) is 13.2 Å². The molecule has 120 valence electrons. The predicted molar refractivity (Wildman–Crippen MR) is 67.7 cm³/mol. The molecule has 2 amide bonds. The number of carbonyl (C=O) groups excluding carboxylic acids is 1. The number of hydrogen-bond donors (Lipinski definition) is 1. The van der Waals surface area contributed by atoms with Crippen molar-refractivity contribution in [3.8, 4) is 0 Å². The fourth-order valence-corrected chi connectivity index (χ4v) is 2.74. The van der Waals surface area contributed by atoms with Gasteiger partial charge in [0.15, 0.2) is 5.41 Å². The highest BCUT2D eigenvalue weighted by Gasteiger charge is 2.64. The van der Waals surface area contributed by atoms with E-state index in [4.69, 9.17) is 5.11 Å². The van der Waals surface area contributed by atoms with Gasteiger partial charge in [0.25, 0.3) is 0 Å². The standard InChI is InChI=1S/C13H19F3N2O3/c1-2-6-18(9-3-4-9)11(21)17-7-5-12(8-17,10(19)20)13(14,15)16/h9H,2-8H2,1H3,(H,19,20). The van der Waals surface area contributed by atoms with Crippen LogP contribution in [0.15, 0.2) is 0 Å². The summed E-state index contributed by atoms with van der Waals surface area (Å²) in [5.41, 5.74) is -2.83. The molecule has 1 atom stereocenters. The van der Waals surface area contributed by atoms with Crippen LogP contribution in [0.5, 0.6) is 0 Å². The number of halogens is 3. The zero-order chi connectivity index (χ0) is 15.8. The quantitative estimate of drug-likeness (QED) is 0.867. The average Bonchev–Trinajstić information content (AvgIpc) is 3.10. The van der Waals surface area contributed by atoms with E-state index in [2.05, 4.69) is 0 Å². The number of likely N-dealkylation sites (tertiary alicyclic amines) is 1. The molecule has 1 saturated carbocycles. The van der Waals surface area contributed by atoms with Crippen molar-refractivity contribution in [2.45, 2.75) is 44.8 Å². The summed E-state index contributed by atoms with van der Waals surface area (Å²) in [4.78, 5) is 26.1. The van der Waals surface area contributed by atoms with Crippen LogP contribution in [0.2, 0.25) is 0 Å². The van der Waals surface area contributed by atoms with E-state index >= 15 is 0 Å². The average molecular weight is 308 g/mol. The third kappa shape index (κ3) is 2.80. The first-order chi connectivity index (χ1) is 9.73. The third-order valence-electron chi connectivity index (χ3n) is 4.19. The van der Waals surface area contributed by atoms with Gasteiger partial charge in [-0.05, 0) is 25.7 Å². The molecular weight excluding hydrogens is 289 g/mol. The van der Waals surface area contributed by atoms with Crippen LogP contribution in [0.4, 0.5) is 18.0 Å². The largest absolute Gasteiger partial charge is 0.481 e. The highest BCUT2D eigenvalue weighted by atomic mass is 19.4. The molecule has 8 heteroatoms. The number of aliphatic carboxylic acids is 1. The van der Waals surface area contributed by atoms with Gasteiger partial charge >= 0.3 is 18.2 Å². The lowest BCUT2D eigenvalue weighted by Gasteiger charge is -2.30. The molecule has 0 aromatic rings. The van der Waals surface area contributed by atoms with Gasteiger partial charge in [0.2, 0.25) is 0 Å². The van der Waals surface area contributed by atoms with Gasteiger partial charge in [-0.15, -0.1) is 0 Å². The van der Waals surface area contributed by atoms with Crippen LogP contribution in [0.1, 0.15) is 32.6 Å². The maximum Gasteiger partial charge on any atom is 0.406 e. The zero-order valence-corrected chi connectivity index (χ0v) is 11.8. The molecule has 0 aromatic heterocycles. The van der Waals surface area contributed by atoms with Gasteiger partial charge in [0.05, 0.1) is 0 Å². The van der Waals surface area contributed by atoms with Crippen molar-refractivity contribution >= 4 is 12.0 Å². The molecule has 0 bridgehead atoms. The summed E-state index contributed by atoms with van der Waals surface area (Å²) in [5.74, 6) is -1.90. The number of amides is 2. The Morgan fingerprint density at radius 2 is 2.00 bits per heavy atom. The molecule has 5 nitrogen and oxygen atoms in total. The highest BCUT2D eigenvalue weighted by molar-refractivity contribution is 5.80. The van der Waals surface area contributed by atoms with Crippen molar-refractivity contribution in [2.24, 2.45) is 5.41 Å². The molecule has 1 N–H and O–H groups in total. The van der Waals surface area contributed by atoms with Gasteiger partial charge in [-0.1, -0.05) is 6.92 Å². The summed E-state index contributed by atoms with van der Waals surface area (Å²) in [7, 11) is 0. The van der Waals surface area contributed by atoms with E-state index in [1.54, 1.807) is 4.90 Å². The molecule has 21 heavy (non-hydrogen) atoms. The second kappa shape index (κ2) is 5.38. The third-order valence-corrected chi connectivity index (χ3v) is 4.19. The maximum absolute atomic E-state index is 13.1. The number of hydrogen-bond acceptors (Lipinski definition) is 2. The van der Waals surface area contributed by atoms with E-state index in [-0.39, 0.29) is 12.6 Å². The smallest absolute Gasteiger partial charge is 0.406 e. The fraction of sp³-hybridized carbons (Fsp3) is 0.846. The minimum absolute atomic E-state index is 0.100. The van der Waals surface area contributed by atoms with Crippen LogP contribution in [0, 0.1) is 5.41 Å². The molecule has 2 aliphatic rings. The lowest BCUT2D eigenvalue weighted by Crippen LogP contribution is -2.50. The summed E-state index contributed by atoms with van der Waals surface area (Å²) in [6.07, 6.45) is -2.99. The first-order valence-corrected chi connectivity index (χ1v) is 7.08. The van der Waals surface area contributed by atoms with Crippen LogP contribution < -0.4 is 0 Å². The van der Waals surface area contributed by atoms with Crippen molar-refractivity contribution in [3.05, 3.63) is 0 Å². The molecule has 1 heterocycles. The molecular formula is C13H19F3N2O3. The number of urea groups is 1. The Labute approximate surface area is 120 Å². The fourth-order valence-electron chi connectivity index (χ4n) is 2.74. The Bertz CT molecular complexity index is 437. The molecule has 2 rings (SSSR count). The molecule has 1 saturated heterocycles. The van der Waals surface area contributed by atoms with Crippen LogP contribution in [0.3, 0.4) is 0 Å². The number of carbonyl (C=O) groups is 2. The summed E-state index contributed by atoms with van der Waals surface area (Å²) < 4.78 is 39.3. The molecule has 1 aliphatic carbocycles. The van der Waals surface area contributed by atoms with Gasteiger partial charge in [-0.25, -0.2) is 4.79 Å². The molecule has 0 radical (unpaired) electrons. The predicted octanol–water partition coefficient (Wildman–Crippen LogP) is 2.32. The Morgan fingerprint density at radius 3 is 2.38 bits per heavy atom. The zero-order valence-electron chi connectivity index (χ0n) is 11.8. The molecule has 1 aliphatic heterocycles. The van der Waals surface area contributed by atoms with E-state index in [1.807, 2.05) is 6.92 Å². The van der Waals surface area contributed by atoms with E-state index in [0.717, 1.165) is 24.2 Å². The molecule has 0 spiro atoms. The van der Waals surface area contributed by atoms with Crippen LogP contribution in [-0.2, 0) is 4.79 Å². The lowest BCUT2D eigenvalue weighted by molar-refractivity contribution is -0.227. The first kappa shape index (κ1) is 15.9. The SMILES string of the molecule is CCCN(C(=O)N1CCC(C(=O)O)(C(F)(F)F)C1)C1CC1. The van der Waals surface area contributed by atoms with Crippen molar-refractivity contribution in [3.63, 3.8) is 0 Å². The summed E-state index contributed by atoms with van der Waals surface area (Å²) >= 11 is 0. The second-order valence-electron chi connectivity index (χ2n) is 5.76. The van der Waals surface area contributed by atoms with Gasteiger partial charge < -0.3 is 14.9 Å². The molecule has 0 aromatic carbocycles. The second-order valence-corrected chi connectivity index (χ2v) is 5.76. The molecule has 1 unspecified atom stereocenters. The Morgan fingerprint density at radius 1 is 1.38 bits per heavy atom. The topological polar surface area (TPSA) is 60.9 Å². The van der Waals surface area contributed by atoms with E-state index in [1.165, 1.54) is 0 Å². The van der Waals surface area contributed by atoms with Gasteiger partial charge in [-0.3, -0.25) is 4.79 Å². The maximum atomic E-state index is 13.1. The van der Waals surface area contributed by atoms with E-state index < -0.39 is 36.6 Å². The first-order valence-electron chi connectivity index (χ1n) is 7.08. The minimum Gasteiger partial charge on any atom is -0.481 e. The van der Waals surface area contributed by atoms with Crippen LogP contribution in [0.25, 0.3) is 0 Å². The van der Waals surface area contributed by atoms with E-state index in [9.17, 15) is 22.8 Å². The van der Waals surface area contributed by atoms with Crippen LogP contribution in [-0.4, -0.2) is 58.8 Å². The number of alkyl halides is 3. The van der Waals surface area contributed by atoms with Crippen molar-refractivity contribution in [2.75, 3.05) is 19.6 Å². The Kier molecular flexibility index (Phi) is 4.08. The monoisotopic (exact) mass is 308 g/mol. The summed E-state index contributed by atoms with van der Waals surface area (Å²) in [6, 6.07) is -0.366. The van der Waals surface area contributed by atoms with Gasteiger partial charge in [0, 0.05) is 25.7 Å². The lowest BCUT2D eigenvalue weighted by atomic mass is 9.86. The Hall–Kier alpha value is -1.47. The van der Waals surface area contributed by atoms with Crippen LogP contribution >= 0.6 is 0 Å². The molecule has 2 fully saturated rings.